The largest absolute Gasteiger partial charge is 0.493 e. The highest BCUT2D eigenvalue weighted by Crippen LogP contribution is 2.22. The molecule has 0 saturated carbocycles. The summed E-state index contributed by atoms with van der Waals surface area (Å²) in [7, 11) is 1.37. The standard InChI is InChI=1S/C12H16ClNO3/c1-16-12(15)3-2-6-17-11-5-4-10(13)7-9(11)8-14/h4-5,7H,2-3,6,8,14H2,1H3. The molecule has 5 heteroatoms. The summed E-state index contributed by atoms with van der Waals surface area (Å²) < 4.78 is 10.1. The molecule has 17 heavy (non-hydrogen) atoms. The van der Waals surface area contributed by atoms with Gasteiger partial charge in [0, 0.05) is 23.6 Å². The molecule has 1 rings (SSSR count). The smallest absolute Gasteiger partial charge is 0.305 e. The molecule has 94 valence electrons. The summed E-state index contributed by atoms with van der Waals surface area (Å²) in [5.41, 5.74) is 6.44. The number of esters is 1. The quantitative estimate of drug-likeness (QED) is 0.626. The van der Waals surface area contributed by atoms with Crippen LogP contribution in [0.4, 0.5) is 0 Å². The van der Waals surface area contributed by atoms with Gasteiger partial charge in [-0.15, -0.1) is 0 Å². The Morgan fingerprint density at radius 3 is 2.88 bits per heavy atom. The molecule has 0 fully saturated rings. The van der Waals surface area contributed by atoms with E-state index in [1.54, 1.807) is 18.2 Å². The Hall–Kier alpha value is -1.26. The van der Waals surface area contributed by atoms with E-state index in [4.69, 9.17) is 22.1 Å². The van der Waals surface area contributed by atoms with E-state index in [1.165, 1.54) is 7.11 Å². The zero-order valence-electron chi connectivity index (χ0n) is 9.74. The summed E-state index contributed by atoms with van der Waals surface area (Å²) >= 11 is 5.84. The fourth-order valence-electron chi connectivity index (χ4n) is 1.35. The van der Waals surface area contributed by atoms with E-state index in [2.05, 4.69) is 4.74 Å². The summed E-state index contributed by atoms with van der Waals surface area (Å²) in [6.45, 7) is 0.816. The second kappa shape index (κ2) is 7.14. The minimum Gasteiger partial charge on any atom is -0.493 e. The Kier molecular flexibility index (Phi) is 5.80. The third kappa shape index (κ3) is 4.63. The van der Waals surface area contributed by atoms with E-state index >= 15 is 0 Å². The van der Waals surface area contributed by atoms with Gasteiger partial charge in [0.15, 0.2) is 0 Å². The highest BCUT2D eigenvalue weighted by atomic mass is 35.5. The number of ether oxygens (including phenoxy) is 2. The zero-order chi connectivity index (χ0) is 12.7. The van der Waals surface area contributed by atoms with Crippen LogP contribution in [0.5, 0.6) is 5.75 Å². The predicted octanol–water partition coefficient (Wildman–Crippen LogP) is 2.13. The van der Waals surface area contributed by atoms with Crippen molar-refractivity contribution >= 4 is 17.6 Å². The molecule has 0 saturated heterocycles. The van der Waals surface area contributed by atoms with Gasteiger partial charge in [-0.25, -0.2) is 0 Å². The van der Waals surface area contributed by atoms with Gasteiger partial charge < -0.3 is 15.2 Å². The van der Waals surface area contributed by atoms with Gasteiger partial charge in [-0.2, -0.15) is 0 Å². The van der Waals surface area contributed by atoms with E-state index in [-0.39, 0.29) is 5.97 Å². The number of methoxy groups -OCH3 is 1. The third-order valence-corrected chi connectivity index (χ3v) is 2.49. The summed E-state index contributed by atoms with van der Waals surface area (Å²) in [4.78, 5) is 10.9. The van der Waals surface area contributed by atoms with Crippen molar-refractivity contribution in [3.63, 3.8) is 0 Å². The van der Waals surface area contributed by atoms with Crippen molar-refractivity contribution in [2.45, 2.75) is 19.4 Å². The molecule has 0 atom stereocenters. The summed E-state index contributed by atoms with van der Waals surface area (Å²) in [5.74, 6) is 0.477. The molecule has 0 radical (unpaired) electrons. The molecule has 0 amide bonds. The van der Waals surface area contributed by atoms with Gasteiger partial charge in [-0.3, -0.25) is 4.79 Å². The van der Waals surface area contributed by atoms with Crippen LogP contribution in [0, 0.1) is 0 Å². The van der Waals surface area contributed by atoms with Crippen molar-refractivity contribution < 1.29 is 14.3 Å². The van der Waals surface area contributed by atoms with Crippen LogP contribution >= 0.6 is 11.6 Å². The summed E-state index contributed by atoms with van der Waals surface area (Å²) in [5, 5.41) is 0.632. The monoisotopic (exact) mass is 257 g/mol. The Balaban J connectivity index is 2.43. The first-order valence-electron chi connectivity index (χ1n) is 5.35. The fourth-order valence-corrected chi connectivity index (χ4v) is 1.54. The Bertz CT molecular complexity index is 382. The lowest BCUT2D eigenvalue weighted by molar-refractivity contribution is -0.140. The highest BCUT2D eigenvalue weighted by Gasteiger charge is 2.04. The number of carbonyl (C=O) groups is 1. The van der Waals surface area contributed by atoms with Gasteiger partial charge in [0.05, 0.1) is 13.7 Å². The maximum Gasteiger partial charge on any atom is 0.305 e. The molecule has 0 aromatic heterocycles. The van der Waals surface area contributed by atoms with Crippen molar-refractivity contribution in [3.8, 4) is 5.75 Å². The van der Waals surface area contributed by atoms with Gasteiger partial charge >= 0.3 is 5.97 Å². The lowest BCUT2D eigenvalue weighted by atomic mass is 10.2. The number of benzene rings is 1. The molecule has 0 bridgehead atoms. The number of hydrogen-bond acceptors (Lipinski definition) is 4. The van der Waals surface area contributed by atoms with Crippen LogP contribution in [0.2, 0.25) is 5.02 Å². The van der Waals surface area contributed by atoms with Gasteiger partial charge in [-0.1, -0.05) is 11.6 Å². The first kappa shape index (κ1) is 13.8. The van der Waals surface area contributed by atoms with Gasteiger partial charge in [0.1, 0.15) is 5.75 Å². The van der Waals surface area contributed by atoms with Crippen molar-refractivity contribution in [1.82, 2.24) is 0 Å². The van der Waals surface area contributed by atoms with Gasteiger partial charge in [0.25, 0.3) is 0 Å². The SMILES string of the molecule is COC(=O)CCCOc1ccc(Cl)cc1CN. The average Bonchev–Trinajstić information content (AvgIpc) is 2.35. The minimum absolute atomic E-state index is 0.233. The average molecular weight is 258 g/mol. The minimum atomic E-state index is -0.233. The Morgan fingerprint density at radius 2 is 2.24 bits per heavy atom. The summed E-state index contributed by atoms with van der Waals surface area (Å²) in [6, 6.07) is 5.30. The first-order valence-corrected chi connectivity index (χ1v) is 5.73. The van der Waals surface area contributed by atoms with Crippen molar-refractivity contribution in [2.24, 2.45) is 5.73 Å². The first-order chi connectivity index (χ1) is 8.17. The lowest BCUT2D eigenvalue weighted by Gasteiger charge is -2.10. The molecule has 1 aromatic carbocycles. The summed E-state index contributed by atoms with van der Waals surface area (Å²) in [6.07, 6.45) is 0.960. The maximum atomic E-state index is 10.9. The molecule has 2 N–H and O–H groups in total. The second-order valence-corrected chi connectivity index (χ2v) is 3.92. The molecule has 0 aliphatic rings. The van der Waals surface area contributed by atoms with Crippen LogP contribution in [0.15, 0.2) is 18.2 Å². The predicted molar refractivity (Wildman–Crippen MR) is 66.1 cm³/mol. The van der Waals surface area contributed by atoms with Gasteiger partial charge in [-0.05, 0) is 24.6 Å². The number of hydrogen-bond donors (Lipinski definition) is 1. The molecule has 0 aliphatic carbocycles. The van der Waals surface area contributed by atoms with E-state index < -0.39 is 0 Å². The van der Waals surface area contributed by atoms with Crippen LogP contribution in [0.1, 0.15) is 18.4 Å². The Labute approximate surface area is 106 Å². The number of halogens is 1. The van der Waals surface area contributed by atoms with E-state index in [9.17, 15) is 4.79 Å². The lowest BCUT2D eigenvalue weighted by Crippen LogP contribution is -2.06. The van der Waals surface area contributed by atoms with Crippen LogP contribution in [-0.4, -0.2) is 19.7 Å². The second-order valence-electron chi connectivity index (χ2n) is 3.48. The molecule has 1 aromatic rings. The fraction of sp³-hybridized carbons (Fsp3) is 0.417. The highest BCUT2D eigenvalue weighted by molar-refractivity contribution is 6.30. The van der Waals surface area contributed by atoms with Crippen molar-refractivity contribution in [1.29, 1.82) is 0 Å². The van der Waals surface area contributed by atoms with Crippen LogP contribution < -0.4 is 10.5 Å². The van der Waals surface area contributed by atoms with E-state index in [1.807, 2.05) is 0 Å². The molecule has 0 aliphatic heterocycles. The van der Waals surface area contributed by atoms with E-state index in [0.717, 1.165) is 5.56 Å². The number of carbonyl (C=O) groups excluding carboxylic acids is 1. The van der Waals surface area contributed by atoms with Crippen LogP contribution in [-0.2, 0) is 16.1 Å². The topological polar surface area (TPSA) is 61.5 Å². The number of nitrogens with two attached hydrogens (primary N) is 1. The van der Waals surface area contributed by atoms with E-state index in [0.29, 0.717) is 36.8 Å². The van der Waals surface area contributed by atoms with Crippen LogP contribution in [0.3, 0.4) is 0 Å². The zero-order valence-corrected chi connectivity index (χ0v) is 10.5. The normalized spacial score (nSPS) is 10.1. The third-order valence-electron chi connectivity index (χ3n) is 2.25. The molecule has 4 nitrogen and oxygen atoms in total. The van der Waals surface area contributed by atoms with Crippen LogP contribution in [0.25, 0.3) is 0 Å². The van der Waals surface area contributed by atoms with Crippen molar-refractivity contribution in [3.05, 3.63) is 28.8 Å². The molecule has 0 unspecified atom stereocenters. The Morgan fingerprint density at radius 1 is 1.47 bits per heavy atom. The molecule has 0 heterocycles. The number of rotatable bonds is 6. The van der Waals surface area contributed by atoms with Gasteiger partial charge in [0.2, 0.25) is 0 Å². The maximum absolute atomic E-state index is 10.9. The van der Waals surface area contributed by atoms with Crippen molar-refractivity contribution in [2.75, 3.05) is 13.7 Å². The molecule has 0 spiro atoms. The molecular weight excluding hydrogens is 242 g/mol. The molecular formula is C12H16ClNO3.